The van der Waals surface area contributed by atoms with Crippen LogP contribution in [0.5, 0.6) is 5.75 Å². The highest BCUT2D eigenvalue weighted by Gasteiger charge is 2.32. The van der Waals surface area contributed by atoms with Gasteiger partial charge >= 0.3 is 0 Å². The topological polar surface area (TPSA) is 48.9 Å². The van der Waals surface area contributed by atoms with E-state index in [2.05, 4.69) is 40.7 Å². The van der Waals surface area contributed by atoms with Crippen LogP contribution in [0.3, 0.4) is 0 Å². The van der Waals surface area contributed by atoms with Crippen LogP contribution in [0.2, 0.25) is 0 Å². The molecule has 1 fully saturated rings. The lowest BCUT2D eigenvalue weighted by atomic mass is 10.1. The number of benzene rings is 1. The second-order valence-electron chi connectivity index (χ2n) is 5.99. The van der Waals surface area contributed by atoms with Gasteiger partial charge in [0, 0.05) is 31.7 Å². The average molecular weight is 304 g/mol. The van der Waals surface area contributed by atoms with E-state index in [4.69, 9.17) is 4.74 Å². The maximum atomic E-state index is 5.37. The van der Waals surface area contributed by atoms with E-state index in [0.29, 0.717) is 12.6 Å². The third-order valence-electron chi connectivity index (χ3n) is 4.17. The van der Waals surface area contributed by atoms with Gasteiger partial charge in [-0.2, -0.15) is 0 Å². The molecule has 0 bridgehead atoms. The molecule has 2 N–H and O–H groups in total. The Morgan fingerprint density at radius 2 is 2.05 bits per heavy atom. The summed E-state index contributed by atoms with van der Waals surface area (Å²) in [6.07, 6.45) is 2.69. The molecule has 1 saturated carbocycles. The Morgan fingerprint density at radius 1 is 1.32 bits per heavy atom. The number of hydrogen-bond acceptors (Lipinski definition) is 3. The van der Waals surface area contributed by atoms with Crippen LogP contribution in [0.4, 0.5) is 0 Å². The summed E-state index contributed by atoms with van der Waals surface area (Å²) < 4.78 is 5.37. The highest BCUT2D eigenvalue weighted by Crippen LogP contribution is 2.34. The van der Waals surface area contributed by atoms with Crippen LogP contribution < -0.4 is 15.4 Å². The van der Waals surface area contributed by atoms with E-state index in [1.807, 2.05) is 18.2 Å². The summed E-state index contributed by atoms with van der Waals surface area (Å²) in [5.74, 6) is 2.56. The van der Waals surface area contributed by atoms with Crippen molar-refractivity contribution in [2.24, 2.45) is 10.9 Å². The molecule has 0 amide bonds. The van der Waals surface area contributed by atoms with Crippen molar-refractivity contribution in [3.05, 3.63) is 29.8 Å². The standard InChI is InChI=1S/C17H28N4O/c1-18-17(20-12-15(21(2)3)13-9-10-13)19-11-14-7-5-6-8-16(14)22-4/h5-8,13,15H,9-12H2,1-4H3,(H2,18,19,20). The van der Waals surface area contributed by atoms with Gasteiger partial charge in [0.15, 0.2) is 5.96 Å². The molecule has 2 rings (SSSR count). The fourth-order valence-corrected chi connectivity index (χ4v) is 2.70. The van der Waals surface area contributed by atoms with Crippen molar-refractivity contribution in [1.82, 2.24) is 15.5 Å². The van der Waals surface area contributed by atoms with Crippen molar-refractivity contribution >= 4 is 5.96 Å². The first kappa shape index (κ1) is 16.6. The lowest BCUT2D eigenvalue weighted by molar-refractivity contribution is 0.264. The van der Waals surface area contributed by atoms with Gasteiger partial charge in [0.05, 0.1) is 7.11 Å². The van der Waals surface area contributed by atoms with Crippen molar-refractivity contribution in [3.63, 3.8) is 0 Å². The zero-order valence-electron chi connectivity index (χ0n) is 14.1. The monoisotopic (exact) mass is 304 g/mol. The van der Waals surface area contributed by atoms with Crippen LogP contribution >= 0.6 is 0 Å². The van der Waals surface area contributed by atoms with Crippen LogP contribution in [0.1, 0.15) is 18.4 Å². The van der Waals surface area contributed by atoms with Crippen molar-refractivity contribution in [1.29, 1.82) is 0 Å². The number of methoxy groups -OCH3 is 1. The molecular weight excluding hydrogens is 276 g/mol. The number of aliphatic imine (C=N–C) groups is 1. The number of nitrogens with one attached hydrogen (secondary N) is 2. The summed E-state index contributed by atoms with van der Waals surface area (Å²) in [5, 5.41) is 6.79. The predicted molar refractivity (Wildman–Crippen MR) is 91.4 cm³/mol. The van der Waals surface area contributed by atoms with Crippen LogP contribution in [0.25, 0.3) is 0 Å². The molecule has 1 atom stereocenters. The van der Waals surface area contributed by atoms with Gasteiger partial charge in [-0.15, -0.1) is 0 Å². The van der Waals surface area contributed by atoms with Crippen molar-refractivity contribution < 1.29 is 4.74 Å². The van der Waals surface area contributed by atoms with Gasteiger partial charge < -0.3 is 20.3 Å². The smallest absolute Gasteiger partial charge is 0.191 e. The Hall–Kier alpha value is -1.75. The lowest BCUT2D eigenvalue weighted by Gasteiger charge is -2.25. The molecular formula is C17H28N4O. The highest BCUT2D eigenvalue weighted by atomic mass is 16.5. The highest BCUT2D eigenvalue weighted by molar-refractivity contribution is 5.79. The number of rotatable bonds is 7. The summed E-state index contributed by atoms with van der Waals surface area (Å²) in [5.41, 5.74) is 1.12. The molecule has 1 aliphatic rings. The first-order chi connectivity index (χ1) is 10.7. The summed E-state index contributed by atoms with van der Waals surface area (Å²) in [6.45, 7) is 1.61. The Labute approximate surface area is 133 Å². The van der Waals surface area contributed by atoms with Crippen molar-refractivity contribution in [3.8, 4) is 5.75 Å². The number of hydrogen-bond donors (Lipinski definition) is 2. The molecule has 0 aromatic heterocycles. The molecule has 122 valence electrons. The van der Waals surface area contributed by atoms with Gasteiger partial charge in [0.2, 0.25) is 0 Å². The average Bonchev–Trinajstić information content (AvgIpc) is 3.35. The maximum absolute atomic E-state index is 5.37. The Morgan fingerprint density at radius 3 is 2.64 bits per heavy atom. The Kier molecular flexibility index (Phi) is 6.07. The summed E-state index contributed by atoms with van der Waals surface area (Å²) >= 11 is 0. The molecule has 0 spiro atoms. The SMILES string of the molecule is CN=C(NCc1ccccc1OC)NCC(C1CC1)N(C)C. The van der Waals surface area contributed by atoms with E-state index >= 15 is 0 Å². The molecule has 22 heavy (non-hydrogen) atoms. The van der Waals surface area contributed by atoms with Gasteiger partial charge in [-0.05, 0) is 38.9 Å². The number of ether oxygens (including phenoxy) is 1. The quantitative estimate of drug-likeness (QED) is 0.595. The summed E-state index contributed by atoms with van der Waals surface area (Å²) in [6, 6.07) is 8.61. The van der Waals surface area contributed by atoms with E-state index in [1.165, 1.54) is 12.8 Å². The van der Waals surface area contributed by atoms with Gasteiger partial charge in [0.25, 0.3) is 0 Å². The largest absolute Gasteiger partial charge is 0.496 e. The summed E-state index contributed by atoms with van der Waals surface area (Å²) in [4.78, 5) is 6.61. The lowest BCUT2D eigenvalue weighted by Crippen LogP contribution is -2.45. The fourth-order valence-electron chi connectivity index (χ4n) is 2.70. The van der Waals surface area contributed by atoms with E-state index in [-0.39, 0.29) is 0 Å². The number of para-hydroxylation sites is 1. The number of guanidine groups is 1. The minimum Gasteiger partial charge on any atom is -0.496 e. The zero-order chi connectivity index (χ0) is 15.9. The van der Waals surface area contributed by atoms with Gasteiger partial charge in [-0.3, -0.25) is 4.99 Å². The van der Waals surface area contributed by atoms with Crippen LogP contribution in [0, 0.1) is 5.92 Å². The third kappa shape index (κ3) is 4.63. The molecule has 1 unspecified atom stereocenters. The fraction of sp³-hybridized carbons (Fsp3) is 0.588. The molecule has 5 heteroatoms. The van der Waals surface area contributed by atoms with Crippen LogP contribution in [0.15, 0.2) is 29.3 Å². The zero-order valence-corrected chi connectivity index (χ0v) is 14.1. The normalized spacial score (nSPS) is 16.5. The Balaban J connectivity index is 1.84. The second-order valence-corrected chi connectivity index (χ2v) is 5.99. The minimum absolute atomic E-state index is 0.574. The third-order valence-corrected chi connectivity index (χ3v) is 4.17. The molecule has 0 aliphatic heterocycles. The van der Waals surface area contributed by atoms with Crippen molar-refractivity contribution in [2.75, 3.05) is 34.8 Å². The first-order valence-electron chi connectivity index (χ1n) is 7.88. The molecule has 1 aromatic rings. The van der Waals surface area contributed by atoms with Crippen molar-refractivity contribution in [2.45, 2.75) is 25.4 Å². The molecule has 0 saturated heterocycles. The number of likely N-dealkylation sites (N-methyl/N-ethyl adjacent to an activating group) is 1. The molecule has 1 aliphatic carbocycles. The Bertz CT molecular complexity index is 495. The molecule has 0 heterocycles. The van der Waals surface area contributed by atoms with E-state index in [9.17, 15) is 0 Å². The van der Waals surface area contributed by atoms with E-state index < -0.39 is 0 Å². The predicted octanol–water partition coefficient (Wildman–Crippen LogP) is 1.70. The van der Waals surface area contributed by atoms with E-state index in [0.717, 1.165) is 29.7 Å². The summed E-state index contributed by atoms with van der Waals surface area (Å²) in [7, 11) is 7.80. The first-order valence-corrected chi connectivity index (χ1v) is 7.88. The maximum Gasteiger partial charge on any atom is 0.191 e. The second kappa shape index (κ2) is 8.03. The number of nitrogens with zero attached hydrogens (tertiary/aromatic N) is 2. The molecule has 1 aromatic carbocycles. The van der Waals surface area contributed by atoms with Gasteiger partial charge in [0.1, 0.15) is 5.75 Å². The molecule has 5 nitrogen and oxygen atoms in total. The molecule has 0 radical (unpaired) electrons. The van der Waals surface area contributed by atoms with Gasteiger partial charge in [-0.1, -0.05) is 18.2 Å². The van der Waals surface area contributed by atoms with Crippen LogP contribution in [-0.4, -0.2) is 51.7 Å². The minimum atomic E-state index is 0.574. The van der Waals surface area contributed by atoms with Gasteiger partial charge in [-0.25, -0.2) is 0 Å². The van der Waals surface area contributed by atoms with Crippen LogP contribution in [-0.2, 0) is 6.54 Å². The van der Waals surface area contributed by atoms with E-state index in [1.54, 1.807) is 14.2 Å².